The lowest BCUT2D eigenvalue weighted by atomic mass is 9.84. The first-order valence-corrected chi connectivity index (χ1v) is 7.68. The van der Waals surface area contributed by atoms with Crippen LogP contribution in [-0.4, -0.2) is 11.9 Å². The van der Waals surface area contributed by atoms with Crippen LogP contribution in [0.3, 0.4) is 0 Å². The quantitative estimate of drug-likeness (QED) is 0.879. The molecule has 1 amide bonds. The van der Waals surface area contributed by atoms with Gasteiger partial charge in [-0.1, -0.05) is 6.07 Å². The van der Waals surface area contributed by atoms with Crippen LogP contribution in [0, 0.1) is 24.7 Å². The highest BCUT2D eigenvalue weighted by atomic mass is 79.9. The molecule has 4 unspecified atom stereocenters. The lowest BCUT2D eigenvalue weighted by molar-refractivity contribution is -0.121. The van der Waals surface area contributed by atoms with Crippen LogP contribution in [-0.2, 0) is 4.79 Å². The van der Waals surface area contributed by atoms with Gasteiger partial charge in [0.25, 0.3) is 0 Å². The summed E-state index contributed by atoms with van der Waals surface area (Å²) in [5.41, 5.74) is 8.20. The van der Waals surface area contributed by atoms with Crippen LogP contribution in [0.1, 0.15) is 24.8 Å². The number of rotatable bonds is 2. The molecule has 2 bridgehead atoms. The van der Waals surface area contributed by atoms with E-state index in [1.54, 1.807) is 0 Å². The molecule has 3 N–H and O–H groups in total. The summed E-state index contributed by atoms with van der Waals surface area (Å²) in [6.45, 7) is 2.02. The highest BCUT2D eigenvalue weighted by molar-refractivity contribution is 9.10. The van der Waals surface area contributed by atoms with Gasteiger partial charge in [-0.2, -0.15) is 0 Å². The fraction of sp³-hybridized carbons (Fsp3) is 0.533. The first kappa shape index (κ1) is 13.1. The number of aryl methyl sites for hydroxylation is 1. The lowest BCUT2D eigenvalue weighted by Gasteiger charge is -2.27. The Morgan fingerprint density at radius 1 is 1.37 bits per heavy atom. The number of amides is 1. The van der Waals surface area contributed by atoms with Gasteiger partial charge >= 0.3 is 0 Å². The number of halogens is 1. The molecule has 102 valence electrons. The van der Waals surface area contributed by atoms with Crippen molar-refractivity contribution in [1.29, 1.82) is 0 Å². The van der Waals surface area contributed by atoms with E-state index < -0.39 is 0 Å². The third kappa shape index (κ3) is 2.32. The molecule has 0 saturated heterocycles. The molecule has 0 heterocycles. The number of nitrogens with one attached hydrogen (secondary N) is 1. The van der Waals surface area contributed by atoms with Crippen LogP contribution in [0.5, 0.6) is 0 Å². The maximum Gasteiger partial charge on any atom is 0.229 e. The molecule has 3 nitrogen and oxygen atoms in total. The fourth-order valence-corrected chi connectivity index (χ4v) is 4.02. The molecule has 2 aliphatic rings. The zero-order valence-electron chi connectivity index (χ0n) is 11.0. The molecule has 2 aliphatic carbocycles. The molecule has 2 fully saturated rings. The molecule has 0 aliphatic heterocycles. The Morgan fingerprint density at radius 3 is 2.79 bits per heavy atom. The topological polar surface area (TPSA) is 55.1 Å². The minimum Gasteiger partial charge on any atom is -0.327 e. The van der Waals surface area contributed by atoms with Gasteiger partial charge in [0, 0.05) is 10.5 Å². The molecule has 2 saturated carbocycles. The van der Waals surface area contributed by atoms with Gasteiger partial charge in [-0.15, -0.1) is 0 Å². The molecule has 4 heteroatoms. The fourth-order valence-electron chi connectivity index (χ4n) is 3.68. The Morgan fingerprint density at radius 2 is 2.11 bits per heavy atom. The van der Waals surface area contributed by atoms with Gasteiger partial charge in [-0.3, -0.25) is 4.79 Å². The van der Waals surface area contributed by atoms with E-state index in [0.29, 0.717) is 11.8 Å². The molecule has 0 radical (unpaired) electrons. The Balaban J connectivity index is 1.77. The number of carbonyl (C=O) groups excluding carboxylic acids is 1. The molecule has 1 aromatic carbocycles. The third-order valence-corrected chi connectivity index (χ3v) is 5.35. The van der Waals surface area contributed by atoms with Gasteiger partial charge in [0.2, 0.25) is 5.91 Å². The summed E-state index contributed by atoms with van der Waals surface area (Å²) in [6.07, 6.45) is 3.49. The first-order chi connectivity index (χ1) is 9.06. The van der Waals surface area contributed by atoms with Crippen LogP contribution in [0.2, 0.25) is 0 Å². The summed E-state index contributed by atoms with van der Waals surface area (Å²) in [5.74, 6) is 1.13. The zero-order valence-corrected chi connectivity index (χ0v) is 12.6. The van der Waals surface area contributed by atoms with Crippen LogP contribution in [0.15, 0.2) is 22.7 Å². The van der Waals surface area contributed by atoms with Gasteiger partial charge in [0.05, 0.1) is 11.6 Å². The zero-order chi connectivity index (χ0) is 13.6. The first-order valence-electron chi connectivity index (χ1n) is 6.89. The summed E-state index contributed by atoms with van der Waals surface area (Å²) in [4.78, 5) is 12.5. The Bertz CT molecular complexity index is 515. The Kier molecular flexibility index (Phi) is 3.39. The van der Waals surface area contributed by atoms with Gasteiger partial charge < -0.3 is 11.1 Å². The Labute approximate surface area is 122 Å². The van der Waals surface area contributed by atoms with Crippen LogP contribution in [0.4, 0.5) is 5.69 Å². The monoisotopic (exact) mass is 322 g/mol. The normalized spacial score (nSPS) is 32.6. The molecule has 0 aromatic heterocycles. The van der Waals surface area contributed by atoms with Crippen molar-refractivity contribution in [2.75, 3.05) is 5.32 Å². The predicted molar refractivity (Wildman–Crippen MR) is 79.8 cm³/mol. The van der Waals surface area contributed by atoms with E-state index in [0.717, 1.165) is 28.6 Å². The minimum atomic E-state index is -0.00818. The smallest absolute Gasteiger partial charge is 0.229 e. The summed E-state index contributed by atoms with van der Waals surface area (Å²) < 4.78 is 0.920. The number of fused-ring (bicyclic) bond motifs is 2. The van der Waals surface area contributed by atoms with Gasteiger partial charge in [-0.05, 0) is 71.6 Å². The van der Waals surface area contributed by atoms with E-state index in [2.05, 4.69) is 21.2 Å². The predicted octanol–water partition coefficient (Wildman–Crippen LogP) is 3.07. The molecule has 1 aromatic rings. The number of anilines is 1. The van der Waals surface area contributed by atoms with Crippen LogP contribution < -0.4 is 11.1 Å². The van der Waals surface area contributed by atoms with Crippen molar-refractivity contribution in [3.05, 3.63) is 28.2 Å². The van der Waals surface area contributed by atoms with E-state index in [-0.39, 0.29) is 17.9 Å². The molecule has 19 heavy (non-hydrogen) atoms. The van der Waals surface area contributed by atoms with Gasteiger partial charge in [-0.25, -0.2) is 0 Å². The minimum absolute atomic E-state index is 0.00818. The maximum atomic E-state index is 12.5. The van der Waals surface area contributed by atoms with Crippen molar-refractivity contribution in [1.82, 2.24) is 0 Å². The second-order valence-corrected chi connectivity index (χ2v) is 6.76. The number of nitrogens with two attached hydrogens (primary N) is 1. The number of hydrogen-bond donors (Lipinski definition) is 2. The van der Waals surface area contributed by atoms with E-state index in [9.17, 15) is 4.79 Å². The highest BCUT2D eigenvalue weighted by Crippen LogP contribution is 2.48. The van der Waals surface area contributed by atoms with E-state index in [1.807, 2.05) is 25.1 Å². The standard InChI is InChI=1S/C15H19BrN2O/c1-8-2-5-11(16)12(6-8)18-15(19)13-9-3-4-10(7-9)14(13)17/h2,5-6,9-10,13-14H,3-4,7,17H2,1H3,(H,18,19). The second kappa shape index (κ2) is 4.91. The van der Waals surface area contributed by atoms with Crippen molar-refractivity contribution in [3.8, 4) is 0 Å². The SMILES string of the molecule is Cc1ccc(Br)c(NC(=O)C2C3CCC(C3)C2N)c1. The summed E-state index contributed by atoms with van der Waals surface area (Å²) in [5, 5.41) is 3.04. The van der Waals surface area contributed by atoms with E-state index >= 15 is 0 Å². The van der Waals surface area contributed by atoms with E-state index in [1.165, 1.54) is 6.42 Å². The largest absolute Gasteiger partial charge is 0.327 e. The number of carbonyl (C=O) groups is 1. The molecule has 3 rings (SSSR count). The van der Waals surface area contributed by atoms with E-state index in [4.69, 9.17) is 5.73 Å². The molecule has 0 spiro atoms. The van der Waals surface area contributed by atoms with Crippen LogP contribution >= 0.6 is 15.9 Å². The van der Waals surface area contributed by atoms with Crippen molar-refractivity contribution in [2.45, 2.75) is 32.2 Å². The van der Waals surface area contributed by atoms with Crippen molar-refractivity contribution >= 4 is 27.5 Å². The average Bonchev–Trinajstić information content (AvgIpc) is 2.94. The van der Waals surface area contributed by atoms with Gasteiger partial charge in [0.15, 0.2) is 0 Å². The number of benzene rings is 1. The van der Waals surface area contributed by atoms with Crippen molar-refractivity contribution < 1.29 is 4.79 Å². The molecular formula is C15H19BrN2O. The van der Waals surface area contributed by atoms with Crippen molar-refractivity contribution in [3.63, 3.8) is 0 Å². The summed E-state index contributed by atoms with van der Waals surface area (Å²) in [6, 6.07) is 6.01. The van der Waals surface area contributed by atoms with Gasteiger partial charge in [0.1, 0.15) is 0 Å². The van der Waals surface area contributed by atoms with Crippen molar-refractivity contribution in [2.24, 2.45) is 23.5 Å². The summed E-state index contributed by atoms with van der Waals surface area (Å²) >= 11 is 3.48. The Hall–Kier alpha value is -0.870. The maximum absolute atomic E-state index is 12.5. The highest BCUT2D eigenvalue weighted by Gasteiger charge is 2.49. The molecule has 4 atom stereocenters. The van der Waals surface area contributed by atoms with Crippen LogP contribution in [0.25, 0.3) is 0 Å². The summed E-state index contributed by atoms with van der Waals surface area (Å²) in [7, 11) is 0. The molecular weight excluding hydrogens is 304 g/mol. The third-order valence-electron chi connectivity index (χ3n) is 4.66. The average molecular weight is 323 g/mol. The number of hydrogen-bond acceptors (Lipinski definition) is 2. The second-order valence-electron chi connectivity index (χ2n) is 5.91. The lowest BCUT2D eigenvalue weighted by Crippen LogP contribution is -2.42.